The number of anilines is 1. The van der Waals surface area contributed by atoms with E-state index in [9.17, 15) is 8.78 Å². The first kappa shape index (κ1) is 15.4. The van der Waals surface area contributed by atoms with Crippen molar-refractivity contribution in [2.45, 2.75) is 33.0 Å². The second-order valence-electron chi connectivity index (χ2n) is 5.41. The zero-order chi connectivity index (χ0) is 15.4. The number of para-hydroxylation sites is 1. The van der Waals surface area contributed by atoms with Crippen LogP contribution in [0.5, 0.6) is 0 Å². The molecule has 2 aromatic rings. The van der Waals surface area contributed by atoms with Crippen molar-refractivity contribution in [1.29, 1.82) is 0 Å². The Bertz CT molecular complexity index is 611. The number of halogens is 2. The summed E-state index contributed by atoms with van der Waals surface area (Å²) in [6.45, 7) is 4.99. The molecule has 0 bridgehead atoms. The summed E-state index contributed by atoms with van der Waals surface area (Å²) in [6.07, 6.45) is 0. The molecule has 0 saturated carbocycles. The summed E-state index contributed by atoms with van der Waals surface area (Å²) in [5.41, 5.74) is 8.01. The molecule has 0 saturated heterocycles. The molecule has 21 heavy (non-hydrogen) atoms. The maximum atomic E-state index is 13.8. The standard InChI is InChI=1S/C17H20F2N2/c1-12(2)21(10-13-6-3-4-9-16(13)20)11-14-7-5-8-15(18)17(14)19/h3-9,12H,10-11,20H2,1-2H3. The van der Waals surface area contributed by atoms with E-state index in [1.807, 2.05) is 38.1 Å². The molecular formula is C17H20F2N2. The van der Waals surface area contributed by atoms with E-state index in [1.54, 1.807) is 6.07 Å². The normalized spacial score (nSPS) is 11.3. The highest BCUT2D eigenvalue weighted by Gasteiger charge is 2.16. The van der Waals surface area contributed by atoms with Crippen LogP contribution in [0.1, 0.15) is 25.0 Å². The number of benzene rings is 2. The van der Waals surface area contributed by atoms with Crippen molar-refractivity contribution in [2.75, 3.05) is 5.73 Å². The van der Waals surface area contributed by atoms with Gasteiger partial charge in [0.1, 0.15) is 0 Å². The molecule has 0 fully saturated rings. The van der Waals surface area contributed by atoms with E-state index in [0.29, 0.717) is 24.3 Å². The van der Waals surface area contributed by atoms with Gasteiger partial charge in [0.2, 0.25) is 0 Å². The Balaban J connectivity index is 2.20. The van der Waals surface area contributed by atoms with Crippen LogP contribution in [-0.2, 0) is 13.1 Å². The molecule has 2 aromatic carbocycles. The fraction of sp³-hybridized carbons (Fsp3) is 0.294. The largest absolute Gasteiger partial charge is 0.398 e. The minimum atomic E-state index is -0.810. The van der Waals surface area contributed by atoms with Gasteiger partial charge in [-0.2, -0.15) is 0 Å². The van der Waals surface area contributed by atoms with Gasteiger partial charge in [-0.25, -0.2) is 8.78 Å². The maximum absolute atomic E-state index is 13.8. The second kappa shape index (κ2) is 6.68. The minimum absolute atomic E-state index is 0.187. The maximum Gasteiger partial charge on any atom is 0.163 e. The smallest absolute Gasteiger partial charge is 0.163 e. The summed E-state index contributed by atoms with van der Waals surface area (Å²) in [5.74, 6) is -1.58. The summed E-state index contributed by atoms with van der Waals surface area (Å²) < 4.78 is 27.1. The predicted octanol–water partition coefficient (Wildman–Crippen LogP) is 3.96. The van der Waals surface area contributed by atoms with Crippen LogP contribution in [0.3, 0.4) is 0 Å². The molecule has 0 spiro atoms. The third kappa shape index (κ3) is 3.79. The van der Waals surface area contributed by atoms with Crippen molar-refractivity contribution < 1.29 is 8.78 Å². The lowest BCUT2D eigenvalue weighted by atomic mass is 10.1. The number of hydrogen-bond donors (Lipinski definition) is 1. The van der Waals surface area contributed by atoms with Crippen molar-refractivity contribution in [3.8, 4) is 0 Å². The zero-order valence-electron chi connectivity index (χ0n) is 12.3. The fourth-order valence-corrected chi connectivity index (χ4v) is 2.21. The van der Waals surface area contributed by atoms with Gasteiger partial charge < -0.3 is 5.73 Å². The topological polar surface area (TPSA) is 29.3 Å². The summed E-state index contributed by atoms with van der Waals surface area (Å²) in [4.78, 5) is 2.06. The summed E-state index contributed by atoms with van der Waals surface area (Å²) >= 11 is 0. The van der Waals surface area contributed by atoms with Gasteiger partial charge in [0.15, 0.2) is 11.6 Å². The fourth-order valence-electron chi connectivity index (χ4n) is 2.21. The number of nitrogens with zero attached hydrogens (tertiary/aromatic N) is 1. The van der Waals surface area contributed by atoms with E-state index in [2.05, 4.69) is 4.90 Å². The molecule has 0 radical (unpaired) electrons. The molecule has 0 aliphatic heterocycles. The van der Waals surface area contributed by atoms with Crippen LogP contribution in [-0.4, -0.2) is 10.9 Å². The molecule has 0 unspecified atom stereocenters. The van der Waals surface area contributed by atoms with Crippen molar-refractivity contribution in [3.63, 3.8) is 0 Å². The van der Waals surface area contributed by atoms with Gasteiger partial charge in [0, 0.05) is 30.4 Å². The molecule has 112 valence electrons. The Kier molecular flexibility index (Phi) is 4.91. The number of nitrogens with two attached hydrogens (primary N) is 1. The molecule has 2 nitrogen and oxygen atoms in total. The molecule has 0 aliphatic rings. The number of nitrogen functional groups attached to an aromatic ring is 1. The third-order valence-electron chi connectivity index (χ3n) is 3.56. The quantitative estimate of drug-likeness (QED) is 0.845. The molecule has 0 atom stereocenters. The van der Waals surface area contributed by atoms with E-state index in [-0.39, 0.29) is 6.04 Å². The molecule has 0 heterocycles. The van der Waals surface area contributed by atoms with E-state index < -0.39 is 11.6 Å². The summed E-state index contributed by atoms with van der Waals surface area (Å²) in [5, 5.41) is 0. The van der Waals surface area contributed by atoms with Gasteiger partial charge in [-0.05, 0) is 31.5 Å². The average molecular weight is 290 g/mol. The van der Waals surface area contributed by atoms with Gasteiger partial charge in [0.05, 0.1) is 0 Å². The molecule has 0 aliphatic carbocycles. The van der Waals surface area contributed by atoms with Gasteiger partial charge in [-0.1, -0.05) is 30.3 Å². The van der Waals surface area contributed by atoms with Crippen LogP contribution < -0.4 is 5.73 Å². The third-order valence-corrected chi connectivity index (χ3v) is 3.56. The Labute approximate surface area is 124 Å². The van der Waals surface area contributed by atoms with Gasteiger partial charge >= 0.3 is 0 Å². The lowest BCUT2D eigenvalue weighted by molar-refractivity contribution is 0.200. The highest BCUT2D eigenvalue weighted by Crippen LogP contribution is 2.19. The second-order valence-corrected chi connectivity index (χ2v) is 5.41. The van der Waals surface area contributed by atoms with E-state index >= 15 is 0 Å². The first-order chi connectivity index (χ1) is 9.99. The Morgan fingerprint density at radius 2 is 1.57 bits per heavy atom. The van der Waals surface area contributed by atoms with Crippen LogP contribution >= 0.6 is 0 Å². The Morgan fingerprint density at radius 3 is 2.24 bits per heavy atom. The van der Waals surface area contributed by atoms with Gasteiger partial charge in [-0.15, -0.1) is 0 Å². The van der Waals surface area contributed by atoms with Crippen molar-refractivity contribution >= 4 is 5.69 Å². The van der Waals surface area contributed by atoms with Crippen LogP contribution in [0, 0.1) is 11.6 Å². The highest BCUT2D eigenvalue weighted by atomic mass is 19.2. The molecule has 2 rings (SSSR count). The lowest BCUT2D eigenvalue weighted by Crippen LogP contribution is -2.30. The van der Waals surface area contributed by atoms with Gasteiger partial charge in [-0.3, -0.25) is 4.90 Å². The monoisotopic (exact) mass is 290 g/mol. The van der Waals surface area contributed by atoms with Crippen molar-refractivity contribution in [2.24, 2.45) is 0 Å². The van der Waals surface area contributed by atoms with Crippen molar-refractivity contribution in [1.82, 2.24) is 4.90 Å². The molecule has 0 amide bonds. The first-order valence-electron chi connectivity index (χ1n) is 6.99. The lowest BCUT2D eigenvalue weighted by Gasteiger charge is -2.27. The van der Waals surface area contributed by atoms with Crippen molar-refractivity contribution in [3.05, 3.63) is 65.2 Å². The van der Waals surface area contributed by atoms with Crippen LogP contribution in [0.4, 0.5) is 14.5 Å². The summed E-state index contributed by atoms with van der Waals surface area (Å²) in [7, 11) is 0. The highest BCUT2D eigenvalue weighted by molar-refractivity contribution is 5.46. The van der Waals surface area contributed by atoms with Crippen LogP contribution in [0.2, 0.25) is 0 Å². The Morgan fingerprint density at radius 1 is 0.952 bits per heavy atom. The van der Waals surface area contributed by atoms with E-state index in [4.69, 9.17) is 5.73 Å². The molecule has 4 heteroatoms. The van der Waals surface area contributed by atoms with E-state index in [1.165, 1.54) is 6.07 Å². The van der Waals surface area contributed by atoms with E-state index in [0.717, 1.165) is 11.6 Å². The number of rotatable bonds is 5. The van der Waals surface area contributed by atoms with Gasteiger partial charge in [0.25, 0.3) is 0 Å². The molecular weight excluding hydrogens is 270 g/mol. The van der Waals surface area contributed by atoms with Crippen LogP contribution in [0.25, 0.3) is 0 Å². The average Bonchev–Trinajstić information content (AvgIpc) is 2.45. The summed E-state index contributed by atoms with van der Waals surface area (Å²) in [6, 6.07) is 12.1. The van der Waals surface area contributed by atoms with Crippen LogP contribution in [0.15, 0.2) is 42.5 Å². The molecule has 2 N–H and O–H groups in total. The first-order valence-corrected chi connectivity index (χ1v) is 6.99. The predicted molar refractivity (Wildman–Crippen MR) is 81.6 cm³/mol. The minimum Gasteiger partial charge on any atom is -0.398 e. The zero-order valence-corrected chi connectivity index (χ0v) is 12.3. The SMILES string of the molecule is CC(C)N(Cc1ccccc1N)Cc1cccc(F)c1F. The Hall–Kier alpha value is -1.94. The number of hydrogen-bond acceptors (Lipinski definition) is 2. The molecule has 0 aromatic heterocycles.